The second-order valence-electron chi connectivity index (χ2n) is 2.41. The number of carbonyl (C=O) groups is 1. The third kappa shape index (κ3) is 2.03. The van der Waals surface area contributed by atoms with Gasteiger partial charge in [-0.3, -0.25) is 4.79 Å². The van der Waals surface area contributed by atoms with Crippen molar-refractivity contribution in [2.45, 2.75) is 19.6 Å². The fraction of sp³-hybridized carbons (Fsp3) is 0.500. The highest BCUT2D eigenvalue weighted by Gasteiger charge is 2.07. The van der Waals surface area contributed by atoms with Gasteiger partial charge in [-0.2, -0.15) is 0 Å². The minimum absolute atomic E-state index is 0.236. The second-order valence-corrected chi connectivity index (χ2v) is 2.41. The first-order chi connectivity index (χ1) is 5.59. The molecular weight excluding hydrogens is 162 g/mol. The molecule has 0 unspecified atom stereocenters. The molecular formula is C6H9N3O3. The van der Waals surface area contributed by atoms with Crippen molar-refractivity contribution in [1.29, 1.82) is 0 Å². The molecule has 0 spiro atoms. The van der Waals surface area contributed by atoms with Gasteiger partial charge in [-0.05, 0) is 6.92 Å². The molecule has 12 heavy (non-hydrogen) atoms. The smallest absolute Gasteiger partial charge is 0.325 e. The van der Waals surface area contributed by atoms with E-state index in [0.29, 0.717) is 5.69 Å². The highest BCUT2D eigenvalue weighted by atomic mass is 16.4. The molecule has 1 atom stereocenters. The van der Waals surface area contributed by atoms with E-state index < -0.39 is 12.1 Å². The van der Waals surface area contributed by atoms with Crippen LogP contribution in [0, 0.1) is 0 Å². The number of carboxylic acid groups (broad SMARTS) is 1. The van der Waals surface area contributed by atoms with E-state index in [2.05, 4.69) is 10.3 Å². The summed E-state index contributed by atoms with van der Waals surface area (Å²) in [5, 5.41) is 24.4. The predicted octanol–water partition coefficient (Wildman–Crippen LogP) is -0.584. The van der Waals surface area contributed by atoms with Crippen molar-refractivity contribution in [3.8, 4) is 0 Å². The Morgan fingerprint density at radius 3 is 2.92 bits per heavy atom. The van der Waals surface area contributed by atoms with Crippen molar-refractivity contribution in [3.05, 3.63) is 11.9 Å². The molecule has 1 rings (SSSR count). The first-order valence-corrected chi connectivity index (χ1v) is 3.39. The molecule has 2 N–H and O–H groups in total. The van der Waals surface area contributed by atoms with Crippen molar-refractivity contribution in [2.24, 2.45) is 0 Å². The van der Waals surface area contributed by atoms with Gasteiger partial charge in [0.2, 0.25) is 0 Å². The second kappa shape index (κ2) is 3.31. The van der Waals surface area contributed by atoms with E-state index in [1.165, 1.54) is 13.1 Å². The van der Waals surface area contributed by atoms with Gasteiger partial charge in [-0.25, -0.2) is 4.68 Å². The molecule has 1 aromatic heterocycles. The molecule has 0 radical (unpaired) electrons. The molecule has 0 saturated heterocycles. The van der Waals surface area contributed by atoms with Crippen LogP contribution in [-0.4, -0.2) is 31.2 Å². The lowest BCUT2D eigenvalue weighted by Gasteiger charge is -1.94. The van der Waals surface area contributed by atoms with Gasteiger partial charge in [-0.15, -0.1) is 5.10 Å². The molecule has 0 aliphatic carbocycles. The summed E-state index contributed by atoms with van der Waals surface area (Å²) < 4.78 is 1.16. The number of aliphatic hydroxyl groups is 1. The van der Waals surface area contributed by atoms with Crippen molar-refractivity contribution >= 4 is 5.97 Å². The molecule has 1 aromatic rings. The van der Waals surface area contributed by atoms with E-state index in [4.69, 9.17) is 10.2 Å². The third-order valence-electron chi connectivity index (χ3n) is 1.28. The average molecular weight is 171 g/mol. The number of rotatable bonds is 3. The van der Waals surface area contributed by atoms with Crippen LogP contribution in [0.1, 0.15) is 18.7 Å². The van der Waals surface area contributed by atoms with Gasteiger partial charge in [0.25, 0.3) is 0 Å². The Hall–Kier alpha value is -1.43. The number of aliphatic hydroxyl groups excluding tert-OH is 1. The SMILES string of the molecule is C[C@H](O)c1cn(CC(=O)O)nn1. The molecule has 0 aliphatic heterocycles. The van der Waals surface area contributed by atoms with Crippen LogP contribution in [-0.2, 0) is 11.3 Å². The summed E-state index contributed by atoms with van der Waals surface area (Å²) in [5.41, 5.74) is 0.372. The summed E-state index contributed by atoms with van der Waals surface area (Å²) >= 11 is 0. The van der Waals surface area contributed by atoms with E-state index in [9.17, 15) is 4.79 Å². The molecule has 0 amide bonds. The van der Waals surface area contributed by atoms with E-state index in [-0.39, 0.29) is 6.54 Å². The largest absolute Gasteiger partial charge is 0.480 e. The Morgan fingerprint density at radius 2 is 2.50 bits per heavy atom. The number of carboxylic acids is 1. The number of hydrogen-bond acceptors (Lipinski definition) is 4. The van der Waals surface area contributed by atoms with Crippen LogP contribution in [0.25, 0.3) is 0 Å². The number of nitrogens with zero attached hydrogens (tertiary/aromatic N) is 3. The minimum Gasteiger partial charge on any atom is -0.480 e. The number of aliphatic carboxylic acids is 1. The summed E-state index contributed by atoms with van der Waals surface area (Å²) in [7, 11) is 0. The zero-order chi connectivity index (χ0) is 9.14. The first kappa shape index (κ1) is 8.66. The van der Waals surface area contributed by atoms with E-state index in [0.717, 1.165) is 4.68 Å². The van der Waals surface area contributed by atoms with Crippen LogP contribution >= 0.6 is 0 Å². The quantitative estimate of drug-likeness (QED) is 0.635. The van der Waals surface area contributed by atoms with E-state index in [1.807, 2.05) is 0 Å². The van der Waals surface area contributed by atoms with Crippen LogP contribution in [0.4, 0.5) is 0 Å². The first-order valence-electron chi connectivity index (χ1n) is 3.39. The lowest BCUT2D eigenvalue weighted by Crippen LogP contribution is -2.08. The van der Waals surface area contributed by atoms with Gasteiger partial charge in [0.15, 0.2) is 0 Å². The number of aromatic nitrogens is 3. The summed E-state index contributed by atoms with van der Waals surface area (Å²) in [4.78, 5) is 10.2. The maximum absolute atomic E-state index is 10.2. The molecule has 0 saturated carbocycles. The van der Waals surface area contributed by atoms with E-state index in [1.54, 1.807) is 0 Å². The standard InChI is InChI=1S/C6H9N3O3/c1-4(10)5-2-9(8-7-5)3-6(11)12/h2,4,10H,3H2,1H3,(H,11,12)/t4-/m0/s1. The Kier molecular flexibility index (Phi) is 2.39. The highest BCUT2D eigenvalue weighted by Crippen LogP contribution is 2.05. The highest BCUT2D eigenvalue weighted by molar-refractivity contribution is 5.66. The van der Waals surface area contributed by atoms with Gasteiger partial charge in [-0.1, -0.05) is 5.21 Å². The topological polar surface area (TPSA) is 88.2 Å². The van der Waals surface area contributed by atoms with Crippen LogP contribution < -0.4 is 0 Å². The molecule has 0 aromatic carbocycles. The third-order valence-corrected chi connectivity index (χ3v) is 1.28. The van der Waals surface area contributed by atoms with Gasteiger partial charge in [0.1, 0.15) is 12.2 Å². The predicted molar refractivity (Wildman–Crippen MR) is 38.3 cm³/mol. The average Bonchev–Trinajstić information content (AvgIpc) is 2.34. The summed E-state index contributed by atoms with van der Waals surface area (Å²) in [6.45, 7) is 1.30. The molecule has 66 valence electrons. The van der Waals surface area contributed by atoms with Crippen LogP contribution in [0.15, 0.2) is 6.20 Å². The molecule has 6 heteroatoms. The van der Waals surface area contributed by atoms with E-state index >= 15 is 0 Å². The van der Waals surface area contributed by atoms with Crippen LogP contribution in [0.3, 0.4) is 0 Å². The summed E-state index contributed by atoms with van der Waals surface area (Å²) in [5.74, 6) is -0.989. The maximum Gasteiger partial charge on any atom is 0.325 e. The fourth-order valence-electron chi connectivity index (χ4n) is 0.721. The Bertz CT molecular complexity index is 281. The Labute approximate surface area is 68.4 Å². The summed E-state index contributed by atoms with van der Waals surface area (Å²) in [6.07, 6.45) is 0.686. The van der Waals surface area contributed by atoms with Crippen molar-refractivity contribution in [2.75, 3.05) is 0 Å². The Balaban J connectivity index is 2.70. The van der Waals surface area contributed by atoms with Crippen molar-refractivity contribution < 1.29 is 15.0 Å². The number of hydrogen-bond donors (Lipinski definition) is 2. The molecule has 1 heterocycles. The molecule has 0 aliphatic rings. The van der Waals surface area contributed by atoms with Gasteiger partial charge < -0.3 is 10.2 Å². The Morgan fingerprint density at radius 1 is 1.83 bits per heavy atom. The zero-order valence-corrected chi connectivity index (χ0v) is 6.51. The fourth-order valence-corrected chi connectivity index (χ4v) is 0.721. The molecule has 0 bridgehead atoms. The van der Waals surface area contributed by atoms with Crippen LogP contribution in [0.5, 0.6) is 0 Å². The van der Waals surface area contributed by atoms with Gasteiger partial charge in [0, 0.05) is 0 Å². The summed E-state index contributed by atoms with van der Waals surface area (Å²) in [6, 6.07) is 0. The van der Waals surface area contributed by atoms with Gasteiger partial charge >= 0.3 is 5.97 Å². The van der Waals surface area contributed by atoms with Gasteiger partial charge in [0.05, 0.1) is 12.3 Å². The minimum atomic E-state index is -0.989. The molecule has 0 fully saturated rings. The lowest BCUT2D eigenvalue weighted by molar-refractivity contribution is -0.137. The normalized spacial score (nSPS) is 12.8. The van der Waals surface area contributed by atoms with Crippen molar-refractivity contribution in [1.82, 2.24) is 15.0 Å². The van der Waals surface area contributed by atoms with Crippen molar-refractivity contribution in [3.63, 3.8) is 0 Å². The zero-order valence-electron chi connectivity index (χ0n) is 6.51. The van der Waals surface area contributed by atoms with Crippen LogP contribution in [0.2, 0.25) is 0 Å². The molecule has 6 nitrogen and oxygen atoms in total. The monoisotopic (exact) mass is 171 g/mol. The maximum atomic E-state index is 10.2. The lowest BCUT2D eigenvalue weighted by atomic mass is 10.3.